The van der Waals surface area contributed by atoms with Crippen molar-refractivity contribution in [3.8, 4) is 0 Å². The molecule has 0 saturated carbocycles. The molecule has 1 unspecified atom stereocenters. The lowest BCUT2D eigenvalue weighted by Gasteiger charge is -2.21. The molecule has 1 rings (SSSR count). The Morgan fingerprint density at radius 1 is 1.64 bits per heavy atom. The molecular formula is C11H19NO2. The van der Waals surface area contributed by atoms with Crippen molar-refractivity contribution in [2.45, 2.75) is 38.7 Å². The molecule has 1 heterocycles. The molecule has 1 aliphatic heterocycles. The van der Waals surface area contributed by atoms with Crippen molar-refractivity contribution in [3.05, 3.63) is 12.2 Å². The lowest BCUT2D eigenvalue weighted by molar-refractivity contribution is -0.139. The molecule has 1 saturated heterocycles. The summed E-state index contributed by atoms with van der Waals surface area (Å²) >= 11 is 0. The topological polar surface area (TPSA) is 38.3 Å². The molecule has 80 valence electrons. The van der Waals surface area contributed by atoms with Crippen LogP contribution >= 0.6 is 0 Å². The summed E-state index contributed by atoms with van der Waals surface area (Å²) in [6.07, 6.45) is 6.73. The third-order valence-corrected chi connectivity index (χ3v) is 2.53. The van der Waals surface area contributed by atoms with Crippen LogP contribution in [0.4, 0.5) is 0 Å². The number of carbonyl (C=O) groups is 1. The number of hydrogen-bond acceptors (Lipinski definition) is 2. The molecule has 1 atom stereocenters. The number of amides is 1. The SMILES string of the molecule is C/C=C/CCNC(=O)C1(C)CCCO1. The van der Waals surface area contributed by atoms with E-state index in [1.807, 2.05) is 26.0 Å². The van der Waals surface area contributed by atoms with Gasteiger partial charge < -0.3 is 10.1 Å². The van der Waals surface area contributed by atoms with Crippen molar-refractivity contribution in [2.75, 3.05) is 13.2 Å². The highest BCUT2D eigenvalue weighted by molar-refractivity contribution is 5.84. The molecule has 0 bridgehead atoms. The van der Waals surface area contributed by atoms with Gasteiger partial charge in [0.2, 0.25) is 0 Å². The normalized spacial score (nSPS) is 27.0. The fourth-order valence-corrected chi connectivity index (χ4v) is 1.58. The molecule has 0 radical (unpaired) electrons. The molecule has 14 heavy (non-hydrogen) atoms. The van der Waals surface area contributed by atoms with E-state index in [2.05, 4.69) is 5.32 Å². The number of allylic oxidation sites excluding steroid dienone is 1. The van der Waals surface area contributed by atoms with Crippen molar-refractivity contribution >= 4 is 5.91 Å². The van der Waals surface area contributed by atoms with Crippen LogP contribution in [-0.2, 0) is 9.53 Å². The van der Waals surface area contributed by atoms with E-state index >= 15 is 0 Å². The highest BCUT2D eigenvalue weighted by Crippen LogP contribution is 2.24. The standard InChI is InChI=1S/C11H19NO2/c1-3-4-5-8-12-10(13)11(2)7-6-9-14-11/h3-4H,5-9H2,1-2H3,(H,12,13)/b4-3+. The fourth-order valence-electron chi connectivity index (χ4n) is 1.58. The van der Waals surface area contributed by atoms with Crippen LogP contribution in [0.2, 0.25) is 0 Å². The number of ether oxygens (including phenoxy) is 1. The molecule has 3 nitrogen and oxygen atoms in total. The first kappa shape index (κ1) is 11.2. The highest BCUT2D eigenvalue weighted by atomic mass is 16.5. The monoisotopic (exact) mass is 197 g/mol. The molecular weight excluding hydrogens is 178 g/mol. The minimum atomic E-state index is -0.573. The largest absolute Gasteiger partial charge is 0.365 e. The van der Waals surface area contributed by atoms with Gasteiger partial charge in [0.25, 0.3) is 5.91 Å². The van der Waals surface area contributed by atoms with Gasteiger partial charge in [0.15, 0.2) is 0 Å². The van der Waals surface area contributed by atoms with Gasteiger partial charge in [0.1, 0.15) is 5.60 Å². The van der Waals surface area contributed by atoms with E-state index < -0.39 is 5.60 Å². The molecule has 3 heteroatoms. The molecule has 1 fully saturated rings. The van der Waals surface area contributed by atoms with Gasteiger partial charge in [-0.3, -0.25) is 4.79 Å². The quantitative estimate of drug-likeness (QED) is 0.549. The second kappa shape index (κ2) is 5.15. The summed E-state index contributed by atoms with van der Waals surface area (Å²) in [5, 5.41) is 2.88. The van der Waals surface area contributed by atoms with Crippen LogP contribution in [0, 0.1) is 0 Å². The summed E-state index contributed by atoms with van der Waals surface area (Å²) in [6, 6.07) is 0. The van der Waals surface area contributed by atoms with Gasteiger partial charge in [0, 0.05) is 13.2 Å². The minimum Gasteiger partial charge on any atom is -0.365 e. The molecule has 1 aliphatic rings. The lowest BCUT2D eigenvalue weighted by Crippen LogP contribution is -2.44. The van der Waals surface area contributed by atoms with Gasteiger partial charge in [-0.15, -0.1) is 0 Å². The number of nitrogens with one attached hydrogen (secondary N) is 1. The van der Waals surface area contributed by atoms with E-state index in [0.29, 0.717) is 13.2 Å². The highest BCUT2D eigenvalue weighted by Gasteiger charge is 2.37. The van der Waals surface area contributed by atoms with Crippen LogP contribution in [0.15, 0.2) is 12.2 Å². The van der Waals surface area contributed by atoms with E-state index in [0.717, 1.165) is 19.3 Å². The molecule has 1 amide bonds. The summed E-state index contributed by atoms with van der Waals surface area (Å²) in [4.78, 5) is 11.7. The molecule has 0 aromatic carbocycles. The zero-order valence-corrected chi connectivity index (χ0v) is 9.01. The molecule has 0 spiro atoms. The summed E-state index contributed by atoms with van der Waals surface area (Å²) in [7, 11) is 0. The van der Waals surface area contributed by atoms with E-state index in [4.69, 9.17) is 4.74 Å². The van der Waals surface area contributed by atoms with Crippen molar-refractivity contribution in [1.82, 2.24) is 5.32 Å². The molecule has 0 aromatic heterocycles. The molecule has 1 N–H and O–H groups in total. The van der Waals surface area contributed by atoms with E-state index in [1.54, 1.807) is 0 Å². The molecule has 0 aliphatic carbocycles. The maximum absolute atomic E-state index is 11.7. The Morgan fingerprint density at radius 2 is 2.43 bits per heavy atom. The Bertz CT molecular complexity index is 217. The summed E-state index contributed by atoms with van der Waals surface area (Å²) < 4.78 is 5.43. The van der Waals surface area contributed by atoms with Crippen LogP contribution in [0.3, 0.4) is 0 Å². The van der Waals surface area contributed by atoms with Crippen molar-refractivity contribution in [2.24, 2.45) is 0 Å². The minimum absolute atomic E-state index is 0.0273. The average Bonchev–Trinajstić information content (AvgIpc) is 2.61. The number of carbonyl (C=O) groups excluding carboxylic acids is 1. The van der Waals surface area contributed by atoms with Crippen molar-refractivity contribution in [3.63, 3.8) is 0 Å². The second-order valence-electron chi connectivity index (χ2n) is 3.80. The van der Waals surface area contributed by atoms with Gasteiger partial charge in [-0.05, 0) is 33.1 Å². The number of hydrogen-bond donors (Lipinski definition) is 1. The van der Waals surface area contributed by atoms with Crippen LogP contribution in [0.1, 0.15) is 33.1 Å². The van der Waals surface area contributed by atoms with Crippen LogP contribution < -0.4 is 5.32 Å². The summed E-state index contributed by atoms with van der Waals surface area (Å²) in [5.74, 6) is 0.0273. The predicted octanol–water partition coefficient (Wildman–Crippen LogP) is 1.64. The lowest BCUT2D eigenvalue weighted by atomic mass is 10.0. The average molecular weight is 197 g/mol. The van der Waals surface area contributed by atoms with Crippen LogP contribution in [0.25, 0.3) is 0 Å². The fraction of sp³-hybridized carbons (Fsp3) is 0.727. The van der Waals surface area contributed by atoms with Crippen molar-refractivity contribution in [1.29, 1.82) is 0 Å². The first-order valence-electron chi connectivity index (χ1n) is 5.22. The first-order valence-corrected chi connectivity index (χ1v) is 5.22. The third-order valence-electron chi connectivity index (χ3n) is 2.53. The van der Waals surface area contributed by atoms with Crippen LogP contribution in [0.5, 0.6) is 0 Å². The zero-order valence-electron chi connectivity index (χ0n) is 9.01. The van der Waals surface area contributed by atoms with E-state index in [1.165, 1.54) is 0 Å². The summed E-state index contributed by atoms with van der Waals surface area (Å²) in [5.41, 5.74) is -0.573. The van der Waals surface area contributed by atoms with E-state index in [-0.39, 0.29) is 5.91 Å². The Balaban J connectivity index is 2.27. The second-order valence-corrected chi connectivity index (χ2v) is 3.80. The zero-order chi connectivity index (χ0) is 10.4. The van der Waals surface area contributed by atoms with Crippen LogP contribution in [-0.4, -0.2) is 24.7 Å². The Morgan fingerprint density at radius 3 is 3.00 bits per heavy atom. The van der Waals surface area contributed by atoms with Gasteiger partial charge in [0.05, 0.1) is 0 Å². The van der Waals surface area contributed by atoms with Gasteiger partial charge >= 0.3 is 0 Å². The first-order chi connectivity index (χ1) is 6.69. The maximum atomic E-state index is 11.7. The maximum Gasteiger partial charge on any atom is 0.251 e. The van der Waals surface area contributed by atoms with Crippen molar-refractivity contribution < 1.29 is 9.53 Å². The Hall–Kier alpha value is -0.830. The Kier molecular flexibility index (Phi) is 4.14. The van der Waals surface area contributed by atoms with Gasteiger partial charge in [-0.1, -0.05) is 12.2 Å². The smallest absolute Gasteiger partial charge is 0.251 e. The Labute approximate surface area is 85.5 Å². The third kappa shape index (κ3) is 2.84. The van der Waals surface area contributed by atoms with Gasteiger partial charge in [-0.25, -0.2) is 0 Å². The van der Waals surface area contributed by atoms with E-state index in [9.17, 15) is 4.79 Å². The molecule has 0 aromatic rings. The summed E-state index contributed by atoms with van der Waals surface area (Å²) in [6.45, 7) is 5.25. The number of rotatable bonds is 4. The van der Waals surface area contributed by atoms with Gasteiger partial charge in [-0.2, -0.15) is 0 Å². The predicted molar refractivity (Wildman–Crippen MR) is 56.0 cm³/mol.